The molecule has 0 N–H and O–H groups in total. The molecule has 0 aliphatic heterocycles. The van der Waals surface area contributed by atoms with Gasteiger partial charge >= 0.3 is 0 Å². The summed E-state index contributed by atoms with van der Waals surface area (Å²) in [6, 6.07) is 20.5. The third kappa shape index (κ3) is 3.10. The highest BCUT2D eigenvalue weighted by molar-refractivity contribution is 7.99. The van der Waals surface area contributed by atoms with Crippen molar-refractivity contribution in [2.24, 2.45) is 0 Å². The number of nitriles is 1. The molecule has 0 saturated heterocycles. The number of benzene rings is 2. The molecule has 0 aliphatic carbocycles. The molecule has 3 nitrogen and oxygen atoms in total. The van der Waals surface area contributed by atoms with Crippen LogP contribution in [0.3, 0.4) is 0 Å². The second-order valence-electron chi connectivity index (χ2n) is 4.31. The number of hydrogen-bond acceptors (Lipinski definition) is 4. The molecule has 3 aromatic rings. The van der Waals surface area contributed by atoms with E-state index in [1.165, 1.54) is 29.1 Å². The Labute approximate surface area is 127 Å². The van der Waals surface area contributed by atoms with E-state index in [2.05, 4.69) is 40.3 Å². The van der Waals surface area contributed by atoms with Crippen LogP contribution in [-0.4, -0.2) is 9.97 Å². The van der Waals surface area contributed by atoms with Gasteiger partial charge in [0.2, 0.25) is 0 Å². The summed E-state index contributed by atoms with van der Waals surface area (Å²) in [7, 11) is 0. The van der Waals surface area contributed by atoms with Crippen molar-refractivity contribution in [1.29, 1.82) is 5.26 Å². The highest BCUT2D eigenvalue weighted by Gasteiger charge is 2.06. The van der Waals surface area contributed by atoms with Crippen LogP contribution in [0.15, 0.2) is 76.9 Å². The standard InChI is InChI=1S/C17H11N3S/c18-12-16-17(20-11-10-19-16)21-15-8-6-14(7-9-15)13-4-2-1-3-5-13/h1-11H. The Kier molecular flexibility index (Phi) is 3.95. The lowest BCUT2D eigenvalue weighted by Gasteiger charge is -2.04. The van der Waals surface area contributed by atoms with E-state index in [-0.39, 0.29) is 0 Å². The molecule has 0 aliphatic rings. The highest BCUT2D eigenvalue weighted by Crippen LogP contribution is 2.29. The normalized spacial score (nSPS) is 10.0. The number of nitrogens with zero attached hydrogens (tertiary/aromatic N) is 3. The van der Waals surface area contributed by atoms with E-state index in [0.717, 1.165) is 4.90 Å². The molecule has 0 saturated carbocycles. The van der Waals surface area contributed by atoms with Gasteiger partial charge < -0.3 is 0 Å². The quantitative estimate of drug-likeness (QED) is 0.726. The molecule has 0 fully saturated rings. The van der Waals surface area contributed by atoms with Gasteiger partial charge in [0, 0.05) is 17.3 Å². The maximum Gasteiger partial charge on any atom is 0.173 e. The molecule has 1 aromatic heterocycles. The second kappa shape index (κ2) is 6.21. The molecule has 0 bridgehead atoms. The summed E-state index contributed by atoms with van der Waals surface area (Å²) in [4.78, 5) is 9.25. The smallest absolute Gasteiger partial charge is 0.173 e. The first-order valence-electron chi connectivity index (χ1n) is 6.41. The van der Waals surface area contributed by atoms with E-state index in [1.54, 1.807) is 6.20 Å². The lowest BCUT2D eigenvalue weighted by atomic mass is 10.1. The molecule has 0 spiro atoms. The average Bonchev–Trinajstić information content (AvgIpc) is 2.57. The fourth-order valence-corrected chi connectivity index (χ4v) is 2.74. The van der Waals surface area contributed by atoms with Crippen molar-refractivity contribution in [3.63, 3.8) is 0 Å². The molecule has 4 heteroatoms. The summed E-state index contributed by atoms with van der Waals surface area (Å²) in [5, 5.41) is 9.66. The first-order chi connectivity index (χ1) is 10.4. The van der Waals surface area contributed by atoms with Gasteiger partial charge in [0.1, 0.15) is 11.1 Å². The highest BCUT2D eigenvalue weighted by atomic mass is 32.2. The lowest BCUT2D eigenvalue weighted by Crippen LogP contribution is -1.89. The van der Waals surface area contributed by atoms with Crippen molar-refractivity contribution in [2.45, 2.75) is 9.92 Å². The summed E-state index contributed by atoms with van der Waals surface area (Å²) >= 11 is 1.45. The number of aromatic nitrogens is 2. The van der Waals surface area contributed by atoms with Gasteiger partial charge in [-0.2, -0.15) is 5.26 Å². The van der Waals surface area contributed by atoms with Crippen molar-refractivity contribution in [3.8, 4) is 17.2 Å². The first kappa shape index (κ1) is 13.3. The van der Waals surface area contributed by atoms with Crippen molar-refractivity contribution < 1.29 is 0 Å². The zero-order valence-electron chi connectivity index (χ0n) is 11.1. The third-order valence-electron chi connectivity index (χ3n) is 2.95. The zero-order valence-corrected chi connectivity index (χ0v) is 11.9. The Morgan fingerprint density at radius 3 is 2.19 bits per heavy atom. The fourth-order valence-electron chi connectivity index (χ4n) is 1.93. The van der Waals surface area contributed by atoms with Crippen LogP contribution < -0.4 is 0 Å². The van der Waals surface area contributed by atoms with Crippen molar-refractivity contribution in [2.75, 3.05) is 0 Å². The minimum absolute atomic E-state index is 0.356. The minimum atomic E-state index is 0.356. The molecule has 0 amide bonds. The van der Waals surface area contributed by atoms with E-state index >= 15 is 0 Å². The first-order valence-corrected chi connectivity index (χ1v) is 7.23. The number of rotatable bonds is 3. The van der Waals surface area contributed by atoms with Gasteiger partial charge in [0.05, 0.1) is 0 Å². The van der Waals surface area contributed by atoms with Crippen molar-refractivity contribution >= 4 is 11.8 Å². The van der Waals surface area contributed by atoms with Gasteiger partial charge in [0.15, 0.2) is 5.69 Å². The monoisotopic (exact) mass is 289 g/mol. The third-order valence-corrected chi connectivity index (χ3v) is 3.95. The Morgan fingerprint density at radius 2 is 1.48 bits per heavy atom. The van der Waals surface area contributed by atoms with E-state index < -0.39 is 0 Å². The van der Waals surface area contributed by atoms with E-state index in [4.69, 9.17) is 5.26 Å². The Bertz CT molecular complexity index is 777. The van der Waals surface area contributed by atoms with Crippen LogP contribution in [0.2, 0.25) is 0 Å². The van der Waals surface area contributed by atoms with E-state index in [9.17, 15) is 0 Å². The molecular weight excluding hydrogens is 278 g/mol. The van der Waals surface area contributed by atoms with Crippen LogP contribution in [0.1, 0.15) is 5.69 Å². The predicted octanol–water partition coefficient (Wildman–Crippen LogP) is 4.17. The summed E-state index contributed by atoms with van der Waals surface area (Å²) in [5.74, 6) is 0. The summed E-state index contributed by atoms with van der Waals surface area (Å²) in [5.41, 5.74) is 2.71. The van der Waals surface area contributed by atoms with Crippen LogP contribution in [0.5, 0.6) is 0 Å². The van der Waals surface area contributed by atoms with E-state index in [1.807, 2.05) is 30.3 Å². The van der Waals surface area contributed by atoms with Gasteiger partial charge in [-0.15, -0.1) is 0 Å². The predicted molar refractivity (Wildman–Crippen MR) is 82.7 cm³/mol. The molecule has 3 rings (SSSR count). The molecule has 2 aromatic carbocycles. The maximum absolute atomic E-state index is 9.02. The van der Waals surface area contributed by atoms with Crippen molar-refractivity contribution in [3.05, 3.63) is 72.7 Å². The molecule has 0 unspecified atom stereocenters. The maximum atomic E-state index is 9.02. The molecule has 0 atom stereocenters. The average molecular weight is 289 g/mol. The fraction of sp³-hybridized carbons (Fsp3) is 0. The minimum Gasteiger partial charge on any atom is -0.245 e. The van der Waals surface area contributed by atoms with Gasteiger partial charge in [-0.05, 0) is 23.3 Å². The largest absolute Gasteiger partial charge is 0.245 e. The van der Waals surface area contributed by atoms with Gasteiger partial charge in [-0.25, -0.2) is 9.97 Å². The number of hydrogen-bond donors (Lipinski definition) is 0. The summed E-state index contributed by atoms with van der Waals surface area (Å²) in [6.45, 7) is 0. The van der Waals surface area contributed by atoms with Crippen molar-refractivity contribution in [1.82, 2.24) is 9.97 Å². The van der Waals surface area contributed by atoms with Crippen LogP contribution in [0.25, 0.3) is 11.1 Å². The molecule has 0 radical (unpaired) electrons. The molecule has 100 valence electrons. The molecular formula is C17H11N3S. The lowest BCUT2D eigenvalue weighted by molar-refractivity contribution is 1.02. The van der Waals surface area contributed by atoms with Crippen LogP contribution in [0.4, 0.5) is 0 Å². The Morgan fingerprint density at radius 1 is 0.810 bits per heavy atom. The van der Waals surface area contributed by atoms with Gasteiger partial charge in [0.25, 0.3) is 0 Å². The van der Waals surface area contributed by atoms with Gasteiger partial charge in [-0.3, -0.25) is 0 Å². The summed E-state index contributed by atoms with van der Waals surface area (Å²) in [6.07, 6.45) is 3.13. The Hall–Kier alpha value is -2.64. The SMILES string of the molecule is N#Cc1nccnc1Sc1ccc(-c2ccccc2)cc1. The Balaban J connectivity index is 1.84. The van der Waals surface area contributed by atoms with E-state index in [0.29, 0.717) is 10.7 Å². The zero-order chi connectivity index (χ0) is 14.5. The van der Waals surface area contributed by atoms with Crippen LogP contribution >= 0.6 is 11.8 Å². The topological polar surface area (TPSA) is 49.6 Å². The van der Waals surface area contributed by atoms with Gasteiger partial charge in [-0.1, -0.05) is 54.2 Å². The molecule has 1 heterocycles. The van der Waals surface area contributed by atoms with Crippen LogP contribution in [0, 0.1) is 11.3 Å². The second-order valence-corrected chi connectivity index (χ2v) is 5.38. The summed E-state index contributed by atoms with van der Waals surface area (Å²) < 4.78 is 0. The van der Waals surface area contributed by atoms with Crippen LogP contribution in [-0.2, 0) is 0 Å². The molecule has 21 heavy (non-hydrogen) atoms.